The Balaban J connectivity index is 1.86. The van der Waals surface area contributed by atoms with Gasteiger partial charge in [0.05, 0.1) is 5.52 Å². The molecule has 2 heterocycles. The summed E-state index contributed by atoms with van der Waals surface area (Å²) in [5.41, 5.74) is 8.44. The molecule has 0 bridgehead atoms. The lowest BCUT2D eigenvalue weighted by atomic mass is 10.2. The number of hydrogen-bond acceptors (Lipinski definition) is 5. The van der Waals surface area contributed by atoms with Crippen LogP contribution in [0.4, 0.5) is 5.82 Å². The average molecular weight is 317 g/mol. The maximum absolute atomic E-state index is 6.24. The van der Waals surface area contributed by atoms with Crippen LogP contribution in [0.3, 0.4) is 0 Å². The van der Waals surface area contributed by atoms with Crippen molar-refractivity contribution in [2.24, 2.45) is 0 Å². The Morgan fingerprint density at radius 2 is 1.95 bits per heavy atom. The maximum Gasteiger partial charge on any atom is 0.190 e. The highest BCUT2D eigenvalue weighted by Crippen LogP contribution is 2.27. The molecule has 0 fully saturated rings. The zero-order chi connectivity index (χ0) is 14.8. The molecule has 1 aromatic carbocycles. The summed E-state index contributed by atoms with van der Waals surface area (Å²) in [7, 11) is 0. The first kappa shape index (κ1) is 14.1. The fourth-order valence-corrected chi connectivity index (χ4v) is 3.18. The first-order chi connectivity index (χ1) is 10.1. The van der Waals surface area contributed by atoms with Gasteiger partial charge in [0.2, 0.25) is 0 Å². The van der Waals surface area contributed by atoms with Crippen LogP contribution in [0.25, 0.3) is 10.9 Å². The number of halogens is 1. The number of pyridine rings is 1. The van der Waals surface area contributed by atoms with E-state index in [1.165, 1.54) is 11.8 Å². The van der Waals surface area contributed by atoms with E-state index >= 15 is 0 Å². The van der Waals surface area contributed by atoms with Crippen LogP contribution in [-0.4, -0.2) is 15.0 Å². The molecule has 2 N–H and O–H groups in total. The number of fused-ring (bicyclic) bond motifs is 1. The first-order valence-electron chi connectivity index (χ1n) is 6.40. The highest BCUT2D eigenvalue weighted by molar-refractivity contribution is 7.98. The number of nitrogens with two attached hydrogens (primary N) is 1. The van der Waals surface area contributed by atoms with Crippen LogP contribution in [-0.2, 0) is 5.75 Å². The van der Waals surface area contributed by atoms with Crippen molar-refractivity contribution in [1.29, 1.82) is 0 Å². The molecule has 0 amide bonds. The number of nitrogens with zero attached hydrogens (tertiary/aromatic N) is 3. The summed E-state index contributed by atoms with van der Waals surface area (Å²) < 4.78 is 0. The molecule has 3 rings (SSSR count). The molecule has 0 saturated heterocycles. The fourth-order valence-electron chi connectivity index (χ4n) is 2.01. The van der Waals surface area contributed by atoms with Gasteiger partial charge in [-0.05, 0) is 19.1 Å². The summed E-state index contributed by atoms with van der Waals surface area (Å²) in [6.07, 6.45) is 0. The number of aromatic nitrogens is 3. The van der Waals surface area contributed by atoms with Crippen LogP contribution < -0.4 is 5.73 Å². The Morgan fingerprint density at radius 1 is 1.14 bits per heavy atom. The predicted molar refractivity (Wildman–Crippen MR) is 87.5 cm³/mol. The number of aryl methyl sites for hydroxylation is 1. The summed E-state index contributed by atoms with van der Waals surface area (Å²) in [6, 6.07) is 11.7. The van der Waals surface area contributed by atoms with Crippen molar-refractivity contribution in [2.45, 2.75) is 17.8 Å². The van der Waals surface area contributed by atoms with Gasteiger partial charge < -0.3 is 5.73 Å². The molecule has 0 aliphatic heterocycles. The zero-order valence-electron chi connectivity index (χ0n) is 11.4. The Bertz CT molecular complexity index is 787. The van der Waals surface area contributed by atoms with Gasteiger partial charge in [-0.3, -0.25) is 0 Å². The summed E-state index contributed by atoms with van der Waals surface area (Å²) in [5.74, 6) is 1.13. The molecule has 106 valence electrons. The third-order valence-electron chi connectivity index (χ3n) is 2.96. The van der Waals surface area contributed by atoms with Gasteiger partial charge >= 0.3 is 0 Å². The minimum atomic E-state index is 0.479. The maximum atomic E-state index is 6.24. The number of rotatable bonds is 3. The lowest BCUT2D eigenvalue weighted by molar-refractivity contribution is 0.940. The molecule has 0 radical (unpaired) electrons. The van der Waals surface area contributed by atoms with Crippen LogP contribution in [0.15, 0.2) is 41.6 Å². The lowest BCUT2D eigenvalue weighted by Crippen LogP contribution is -1.97. The SMILES string of the molecule is Cc1cc(N)nc(SCc2cc3ccccc3nc2Cl)n1. The van der Waals surface area contributed by atoms with Gasteiger partial charge in [0, 0.05) is 28.5 Å². The van der Waals surface area contributed by atoms with E-state index in [1.54, 1.807) is 6.07 Å². The Hall–Kier alpha value is -1.85. The molecule has 0 aliphatic carbocycles. The highest BCUT2D eigenvalue weighted by Gasteiger charge is 2.07. The number of benzene rings is 1. The van der Waals surface area contributed by atoms with Crippen molar-refractivity contribution in [2.75, 3.05) is 5.73 Å². The predicted octanol–water partition coefficient (Wildman–Crippen LogP) is 3.86. The van der Waals surface area contributed by atoms with E-state index in [1.807, 2.05) is 31.2 Å². The number of thioether (sulfide) groups is 1. The van der Waals surface area contributed by atoms with E-state index in [2.05, 4.69) is 21.0 Å². The Labute approximate surface area is 131 Å². The summed E-state index contributed by atoms with van der Waals surface area (Å²) in [6.45, 7) is 1.90. The molecular formula is C15H13ClN4S. The van der Waals surface area contributed by atoms with E-state index in [-0.39, 0.29) is 0 Å². The van der Waals surface area contributed by atoms with Crippen LogP contribution in [0.2, 0.25) is 5.15 Å². The second-order valence-electron chi connectivity index (χ2n) is 4.64. The molecular weight excluding hydrogens is 304 g/mol. The molecule has 21 heavy (non-hydrogen) atoms. The third kappa shape index (κ3) is 3.25. The largest absolute Gasteiger partial charge is 0.384 e. The van der Waals surface area contributed by atoms with E-state index < -0.39 is 0 Å². The van der Waals surface area contributed by atoms with Crippen molar-refractivity contribution in [3.63, 3.8) is 0 Å². The van der Waals surface area contributed by atoms with Crippen LogP contribution in [0.5, 0.6) is 0 Å². The van der Waals surface area contributed by atoms with E-state index in [9.17, 15) is 0 Å². The van der Waals surface area contributed by atoms with Gasteiger partial charge in [-0.25, -0.2) is 15.0 Å². The highest BCUT2D eigenvalue weighted by atomic mass is 35.5. The van der Waals surface area contributed by atoms with E-state index in [0.29, 0.717) is 21.9 Å². The van der Waals surface area contributed by atoms with Crippen molar-refractivity contribution < 1.29 is 0 Å². The average Bonchev–Trinajstić information content (AvgIpc) is 2.44. The van der Waals surface area contributed by atoms with Crippen molar-refractivity contribution in [3.05, 3.63) is 52.8 Å². The topological polar surface area (TPSA) is 64.7 Å². The summed E-state index contributed by atoms with van der Waals surface area (Å²) >= 11 is 7.74. The van der Waals surface area contributed by atoms with Gasteiger partial charge in [-0.2, -0.15) is 0 Å². The molecule has 2 aromatic heterocycles. The first-order valence-corrected chi connectivity index (χ1v) is 7.76. The van der Waals surface area contributed by atoms with E-state index in [0.717, 1.165) is 22.2 Å². The monoisotopic (exact) mass is 316 g/mol. The van der Waals surface area contributed by atoms with Gasteiger partial charge in [0.15, 0.2) is 5.16 Å². The molecule has 6 heteroatoms. The number of para-hydroxylation sites is 1. The molecule has 0 atom stereocenters. The number of hydrogen-bond donors (Lipinski definition) is 1. The standard InChI is InChI=1S/C15H13ClN4S/c1-9-6-13(17)20-15(18-9)21-8-11-7-10-4-2-3-5-12(10)19-14(11)16/h2-7H,8H2,1H3,(H2,17,18,20). The molecule has 0 aliphatic rings. The minimum Gasteiger partial charge on any atom is -0.384 e. The third-order valence-corrected chi connectivity index (χ3v) is 4.18. The quantitative estimate of drug-likeness (QED) is 0.451. The van der Waals surface area contributed by atoms with Crippen LogP contribution >= 0.6 is 23.4 Å². The van der Waals surface area contributed by atoms with E-state index in [4.69, 9.17) is 17.3 Å². The Kier molecular flexibility index (Phi) is 3.94. The Morgan fingerprint density at radius 3 is 2.76 bits per heavy atom. The van der Waals surface area contributed by atoms with Crippen molar-refractivity contribution in [3.8, 4) is 0 Å². The number of anilines is 1. The minimum absolute atomic E-state index is 0.479. The molecule has 0 spiro atoms. The van der Waals surface area contributed by atoms with Crippen LogP contribution in [0, 0.1) is 6.92 Å². The molecule has 3 aromatic rings. The fraction of sp³-hybridized carbons (Fsp3) is 0.133. The smallest absolute Gasteiger partial charge is 0.190 e. The van der Waals surface area contributed by atoms with Crippen LogP contribution in [0.1, 0.15) is 11.3 Å². The molecule has 4 nitrogen and oxygen atoms in total. The van der Waals surface area contributed by atoms with Gasteiger partial charge in [0.25, 0.3) is 0 Å². The normalized spacial score (nSPS) is 11.0. The summed E-state index contributed by atoms with van der Waals surface area (Å²) in [5, 5.41) is 2.24. The second kappa shape index (κ2) is 5.87. The lowest BCUT2D eigenvalue weighted by Gasteiger charge is -2.06. The summed E-state index contributed by atoms with van der Waals surface area (Å²) in [4.78, 5) is 13.0. The molecule has 0 saturated carbocycles. The van der Waals surface area contributed by atoms with Gasteiger partial charge in [0.1, 0.15) is 11.0 Å². The van der Waals surface area contributed by atoms with Gasteiger partial charge in [-0.1, -0.05) is 41.6 Å². The zero-order valence-corrected chi connectivity index (χ0v) is 12.9. The number of nitrogen functional groups attached to an aromatic ring is 1. The molecule has 0 unspecified atom stereocenters. The van der Waals surface area contributed by atoms with Gasteiger partial charge in [-0.15, -0.1) is 0 Å². The van der Waals surface area contributed by atoms with Crippen molar-refractivity contribution in [1.82, 2.24) is 15.0 Å². The second-order valence-corrected chi connectivity index (χ2v) is 5.94. The van der Waals surface area contributed by atoms with Crippen molar-refractivity contribution >= 4 is 40.1 Å².